The Labute approximate surface area is 104 Å². The Morgan fingerprint density at radius 3 is 2.83 bits per heavy atom. The molecule has 0 fully saturated rings. The van der Waals surface area contributed by atoms with Gasteiger partial charge in [0.15, 0.2) is 0 Å². The van der Waals surface area contributed by atoms with E-state index in [9.17, 15) is 9.18 Å². The molecule has 0 atom stereocenters. The second-order valence-corrected chi connectivity index (χ2v) is 3.86. The molecule has 4 nitrogen and oxygen atoms in total. The fraction of sp³-hybridized carbons (Fsp3) is 0.0769. The number of nitrogen functional groups attached to an aromatic ring is 1. The second-order valence-electron chi connectivity index (χ2n) is 3.86. The predicted octanol–water partition coefficient (Wildman–Crippen LogP) is 2.36. The Morgan fingerprint density at radius 2 is 2.17 bits per heavy atom. The maximum absolute atomic E-state index is 13.5. The van der Waals surface area contributed by atoms with Crippen molar-refractivity contribution in [2.45, 2.75) is 6.92 Å². The second kappa shape index (κ2) is 4.83. The average Bonchev–Trinajstić information content (AvgIpc) is 2.33. The van der Waals surface area contributed by atoms with Crippen molar-refractivity contribution in [2.24, 2.45) is 0 Å². The minimum Gasteiger partial charge on any atom is -0.399 e. The van der Waals surface area contributed by atoms with Gasteiger partial charge in [-0.15, -0.1) is 0 Å². The summed E-state index contributed by atoms with van der Waals surface area (Å²) in [6, 6.07) is 7.59. The summed E-state index contributed by atoms with van der Waals surface area (Å²) < 4.78 is 13.5. The highest BCUT2D eigenvalue weighted by Gasteiger charge is 2.12. The molecule has 0 aliphatic rings. The summed E-state index contributed by atoms with van der Waals surface area (Å²) in [6.07, 6.45) is 1.52. The number of carbonyl (C=O) groups is 1. The van der Waals surface area contributed by atoms with Crippen LogP contribution in [-0.2, 0) is 0 Å². The number of aryl methyl sites for hydroxylation is 1. The molecule has 0 aliphatic heterocycles. The first kappa shape index (κ1) is 12.0. The normalized spacial score (nSPS) is 10.1. The number of amides is 1. The van der Waals surface area contributed by atoms with E-state index in [0.29, 0.717) is 5.69 Å². The van der Waals surface area contributed by atoms with Gasteiger partial charge in [-0.05, 0) is 36.8 Å². The number of hydrogen-bond donors (Lipinski definition) is 2. The number of nitrogens with zero attached hydrogens (tertiary/aromatic N) is 1. The lowest BCUT2D eigenvalue weighted by atomic mass is 10.2. The van der Waals surface area contributed by atoms with Crippen LogP contribution in [0.2, 0.25) is 0 Å². The Morgan fingerprint density at radius 1 is 1.39 bits per heavy atom. The molecule has 0 radical (unpaired) electrons. The highest BCUT2D eigenvalue weighted by Crippen LogP contribution is 2.18. The van der Waals surface area contributed by atoms with Crippen molar-refractivity contribution in [3.8, 4) is 0 Å². The quantitative estimate of drug-likeness (QED) is 0.798. The third-order valence-corrected chi connectivity index (χ3v) is 2.47. The maximum Gasteiger partial charge on any atom is 0.274 e. The monoisotopic (exact) mass is 245 g/mol. The van der Waals surface area contributed by atoms with Gasteiger partial charge in [-0.25, -0.2) is 4.39 Å². The van der Waals surface area contributed by atoms with Gasteiger partial charge in [0, 0.05) is 11.9 Å². The SMILES string of the molecule is Cc1cccnc1C(=O)Nc1ccc(N)cc1F. The first-order valence-corrected chi connectivity index (χ1v) is 5.36. The number of hydrogen-bond acceptors (Lipinski definition) is 3. The Hall–Kier alpha value is -2.43. The van der Waals surface area contributed by atoms with Crippen molar-refractivity contribution in [1.29, 1.82) is 0 Å². The highest BCUT2D eigenvalue weighted by atomic mass is 19.1. The molecular formula is C13H12FN3O. The van der Waals surface area contributed by atoms with Crippen molar-refractivity contribution < 1.29 is 9.18 Å². The van der Waals surface area contributed by atoms with Crippen LogP contribution >= 0.6 is 0 Å². The van der Waals surface area contributed by atoms with Gasteiger partial charge in [-0.1, -0.05) is 6.07 Å². The summed E-state index contributed by atoms with van der Waals surface area (Å²) in [5.41, 5.74) is 6.82. The van der Waals surface area contributed by atoms with E-state index in [4.69, 9.17) is 5.73 Å². The van der Waals surface area contributed by atoms with Gasteiger partial charge in [-0.3, -0.25) is 9.78 Å². The van der Waals surface area contributed by atoms with Crippen LogP contribution in [0.25, 0.3) is 0 Å². The molecular weight excluding hydrogens is 233 g/mol. The number of nitrogens with one attached hydrogen (secondary N) is 1. The summed E-state index contributed by atoms with van der Waals surface area (Å²) in [5, 5.41) is 2.46. The molecule has 0 spiro atoms. The van der Waals surface area contributed by atoms with Gasteiger partial charge < -0.3 is 11.1 Å². The van der Waals surface area contributed by atoms with Crippen LogP contribution in [0, 0.1) is 12.7 Å². The number of pyridine rings is 1. The fourth-order valence-corrected chi connectivity index (χ4v) is 1.54. The number of aromatic nitrogens is 1. The van der Waals surface area contributed by atoms with Gasteiger partial charge in [0.25, 0.3) is 5.91 Å². The standard InChI is InChI=1S/C13H12FN3O/c1-8-3-2-6-16-12(8)13(18)17-11-5-4-9(15)7-10(11)14/h2-7H,15H2,1H3,(H,17,18). The molecule has 0 bridgehead atoms. The Balaban J connectivity index is 2.24. The van der Waals surface area contributed by atoms with Crippen LogP contribution in [0.4, 0.5) is 15.8 Å². The van der Waals surface area contributed by atoms with Crippen LogP contribution in [0.5, 0.6) is 0 Å². The molecule has 5 heteroatoms. The molecule has 0 aliphatic carbocycles. The lowest BCUT2D eigenvalue weighted by Gasteiger charge is -2.07. The molecule has 1 amide bonds. The molecule has 0 saturated carbocycles. The molecule has 18 heavy (non-hydrogen) atoms. The predicted molar refractivity (Wildman–Crippen MR) is 67.7 cm³/mol. The van der Waals surface area contributed by atoms with E-state index in [2.05, 4.69) is 10.3 Å². The summed E-state index contributed by atoms with van der Waals surface area (Å²) in [4.78, 5) is 15.9. The van der Waals surface area contributed by atoms with Gasteiger partial charge in [0.05, 0.1) is 5.69 Å². The first-order valence-electron chi connectivity index (χ1n) is 5.36. The largest absolute Gasteiger partial charge is 0.399 e. The molecule has 1 heterocycles. The smallest absolute Gasteiger partial charge is 0.274 e. The van der Waals surface area contributed by atoms with Crippen molar-refractivity contribution in [1.82, 2.24) is 4.98 Å². The number of benzene rings is 1. The topological polar surface area (TPSA) is 68.0 Å². The zero-order valence-electron chi connectivity index (χ0n) is 9.77. The van der Waals surface area contributed by atoms with Gasteiger partial charge >= 0.3 is 0 Å². The van der Waals surface area contributed by atoms with Gasteiger partial charge in [0.2, 0.25) is 0 Å². The van der Waals surface area contributed by atoms with Crippen molar-refractivity contribution >= 4 is 17.3 Å². The van der Waals surface area contributed by atoms with Crippen LogP contribution in [-0.4, -0.2) is 10.9 Å². The number of nitrogens with two attached hydrogens (primary N) is 1. The Bertz CT molecular complexity index is 599. The van der Waals surface area contributed by atoms with Gasteiger partial charge in [0.1, 0.15) is 11.5 Å². The molecule has 3 N–H and O–H groups in total. The van der Waals surface area contributed by atoms with Crippen LogP contribution in [0.1, 0.15) is 16.1 Å². The Kier molecular flexibility index (Phi) is 3.23. The minimum absolute atomic E-state index is 0.0826. The zero-order valence-corrected chi connectivity index (χ0v) is 9.77. The van der Waals surface area contributed by atoms with Crippen LogP contribution in [0.3, 0.4) is 0 Å². The number of anilines is 2. The summed E-state index contributed by atoms with van der Waals surface area (Å²) in [7, 11) is 0. The molecule has 2 aromatic rings. The molecule has 0 saturated heterocycles. The van der Waals surface area contributed by atoms with E-state index in [-0.39, 0.29) is 11.4 Å². The van der Waals surface area contributed by atoms with Crippen LogP contribution < -0.4 is 11.1 Å². The van der Waals surface area contributed by atoms with E-state index in [0.717, 1.165) is 11.6 Å². The van der Waals surface area contributed by atoms with E-state index in [1.165, 1.54) is 18.3 Å². The summed E-state index contributed by atoms with van der Waals surface area (Å²) >= 11 is 0. The highest BCUT2D eigenvalue weighted by molar-refractivity contribution is 6.03. The van der Waals surface area contributed by atoms with Crippen molar-refractivity contribution in [3.63, 3.8) is 0 Å². The van der Waals surface area contributed by atoms with Crippen molar-refractivity contribution in [3.05, 3.63) is 53.6 Å². The van der Waals surface area contributed by atoms with E-state index in [1.54, 1.807) is 19.1 Å². The van der Waals surface area contributed by atoms with Crippen molar-refractivity contribution in [2.75, 3.05) is 11.1 Å². The van der Waals surface area contributed by atoms with E-state index in [1.807, 2.05) is 0 Å². The summed E-state index contributed by atoms with van der Waals surface area (Å²) in [6.45, 7) is 1.77. The molecule has 2 rings (SSSR count). The zero-order chi connectivity index (χ0) is 13.1. The molecule has 1 aromatic carbocycles. The minimum atomic E-state index is -0.572. The third kappa shape index (κ3) is 2.45. The van der Waals surface area contributed by atoms with Crippen LogP contribution in [0.15, 0.2) is 36.5 Å². The number of rotatable bonds is 2. The van der Waals surface area contributed by atoms with E-state index < -0.39 is 11.7 Å². The lowest BCUT2D eigenvalue weighted by molar-refractivity contribution is 0.102. The lowest BCUT2D eigenvalue weighted by Crippen LogP contribution is -2.16. The number of halogens is 1. The fourth-order valence-electron chi connectivity index (χ4n) is 1.54. The number of carbonyl (C=O) groups excluding carboxylic acids is 1. The average molecular weight is 245 g/mol. The molecule has 92 valence electrons. The third-order valence-electron chi connectivity index (χ3n) is 2.47. The molecule has 0 unspecified atom stereocenters. The van der Waals surface area contributed by atoms with Gasteiger partial charge in [-0.2, -0.15) is 0 Å². The molecule has 1 aromatic heterocycles. The first-order chi connectivity index (χ1) is 8.58. The summed E-state index contributed by atoms with van der Waals surface area (Å²) in [5.74, 6) is -1.02. The maximum atomic E-state index is 13.5. The van der Waals surface area contributed by atoms with E-state index >= 15 is 0 Å².